The van der Waals surface area contributed by atoms with Crippen LogP contribution in [-0.4, -0.2) is 12.5 Å². The van der Waals surface area contributed by atoms with Crippen molar-refractivity contribution in [3.05, 3.63) is 40.8 Å². The lowest BCUT2D eigenvalue weighted by atomic mass is 10.1. The van der Waals surface area contributed by atoms with Gasteiger partial charge in [0.2, 0.25) is 0 Å². The standard InChI is InChI=1S/C11H14OS/c1-9-4-6-10(7-5-9)11(12)8-13(2)3/h4-8H,1-3H3/b11-8-. The summed E-state index contributed by atoms with van der Waals surface area (Å²) in [5, 5.41) is 13.3. The van der Waals surface area contributed by atoms with Crippen LogP contribution in [0.3, 0.4) is 0 Å². The van der Waals surface area contributed by atoms with E-state index in [9.17, 15) is 5.11 Å². The number of rotatable bonds is 2. The van der Waals surface area contributed by atoms with Crippen molar-refractivity contribution in [3.8, 4) is 0 Å². The highest BCUT2D eigenvalue weighted by atomic mass is 32.2. The smallest absolute Gasteiger partial charge is 0.111 e. The van der Waals surface area contributed by atoms with Crippen LogP contribution in [0.25, 0.3) is 5.76 Å². The van der Waals surface area contributed by atoms with E-state index in [0.717, 1.165) is 5.56 Å². The molecular weight excluding hydrogens is 180 g/mol. The van der Waals surface area contributed by atoms with Gasteiger partial charge in [0.05, 0.1) is 0 Å². The molecule has 2 heteroatoms. The molecule has 70 valence electrons. The Morgan fingerprint density at radius 2 is 1.77 bits per heavy atom. The lowest BCUT2D eigenvalue weighted by Crippen LogP contribution is -2.04. The summed E-state index contributed by atoms with van der Waals surface area (Å²) in [7, 11) is 0.0740. The van der Waals surface area contributed by atoms with E-state index in [2.05, 4.69) is 0 Å². The van der Waals surface area contributed by atoms with Crippen molar-refractivity contribution in [1.29, 1.82) is 0 Å². The molecule has 0 fully saturated rings. The highest BCUT2D eigenvalue weighted by Gasteiger charge is 1.97. The molecule has 0 saturated carbocycles. The highest BCUT2D eigenvalue weighted by Crippen LogP contribution is 2.10. The maximum absolute atomic E-state index is 11.5. The zero-order valence-electron chi connectivity index (χ0n) is 8.20. The third-order valence-corrected chi connectivity index (χ3v) is 2.36. The SMILES string of the molecule is Cc1ccc(/C([O-])=C/[S+](C)C)cc1. The summed E-state index contributed by atoms with van der Waals surface area (Å²) in [6, 6.07) is 7.68. The molecular formula is C11H14OS. The third kappa shape index (κ3) is 3.15. The molecule has 0 aliphatic heterocycles. The molecule has 1 rings (SSSR count). The molecule has 1 aromatic rings. The van der Waals surface area contributed by atoms with Crippen molar-refractivity contribution >= 4 is 16.7 Å². The molecule has 0 unspecified atom stereocenters. The second-order valence-electron chi connectivity index (χ2n) is 3.23. The lowest BCUT2D eigenvalue weighted by molar-refractivity contribution is -0.243. The van der Waals surface area contributed by atoms with E-state index in [-0.39, 0.29) is 16.7 Å². The summed E-state index contributed by atoms with van der Waals surface area (Å²) in [5.41, 5.74) is 1.97. The van der Waals surface area contributed by atoms with Gasteiger partial charge in [-0.2, -0.15) is 0 Å². The minimum atomic E-state index is 0.0740. The van der Waals surface area contributed by atoms with Gasteiger partial charge in [-0.15, -0.1) is 0 Å². The van der Waals surface area contributed by atoms with Gasteiger partial charge < -0.3 is 5.11 Å². The molecule has 1 nitrogen and oxygen atoms in total. The monoisotopic (exact) mass is 194 g/mol. The zero-order valence-corrected chi connectivity index (χ0v) is 9.02. The molecule has 0 saturated heterocycles. The summed E-state index contributed by atoms with van der Waals surface area (Å²) in [4.78, 5) is 0. The normalized spacial score (nSPS) is 12.2. The van der Waals surface area contributed by atoms with Crippen LogP contribution in [0.5, 0.6) is 0 Å². The fraction of sp³-hybridized carbons (Fsp3) is 0.273. The number of aryl methyl sites for hydroxylation is 1. The van der Waals surface area contributed by atoms with E-state index < -0.39 is 0 Å². The van der Waals surface area contributed by atoms with Gasteiger partial charge in [0.1, 0.15) is 17.9 Å². The Kier molecular flexibility index (Phi) is 3.43. The maximum atomic E-state index is 11.5. The number of benzene rings is 1. The van der Waals surface area contributed by atoms with Gasteiger partial charge in [0.25, 0.3) is 0 Å². The molecule has 0 atom stereocenters. The van der Waals surface area contributed by atoms with Crippen LogP contribution in [0.15, 0.2) is 29.7 Å². The first-order valence-electron chi connectivity index (χ1n) is 4.12. The predicted molar refractivity (Wildman–Crippen MR) is 58.4 cm³/mol. The van der Waals surface area contributed by atoms with E-state index >= 15 is 0 Å². The largest absolute Gasteiger partial charge is 0.869 e. The summed E-state index contributed by atoms with van der Waals surface area (Å²) < 4.78 is 0. The molecule has 0 aliphatic rings. The Morgan fingerprint density at radius 1 is 1.23 bits per heavy atom. The topological polar surface area (TPSA) is 23.1 Å². The van der Waals surface area contributed by atoms with Gasteiger partial charge in [0.15, 0.2) is 0 Å². The zero-order chi connectivity index (χ0) is 9.84. The predicted octanol–water partition coefficient (Wildman–Crippen LogP) is 1.53. The number of hydrogen-bond donors (Lipinski definition) is 0. The van der Waals surface area contributed by atoms with Crippen LogP contribution < -0.4 is 5.11 Å². The maximum Gasteiger partial charge on any atom is 0.111 e. The van der Waals surface area contributed by atoms with E-state index in [4.69, 9.17) is 0 Å². The highest BCUT2D eigenvalue weighted by molar-refractivity contribution is 7.98. The molecule has 1 aromatic carbocycles. The summed E-state index contributed by atoms with van der Waals surface area (Å²) in [6.07, 6.45) is 4.07. The van der Waals surface area contributed by atoms with E-state index in [1.54, 1.807) is 5.41 Å². The summed E-state index contributed by atoms with van der Waals surface area (Å²) in [6.45, 7) is 2.02. The summed E-state index contributed by atoms with van der Waals surface area (Å²) >= 11 is 0. The number of hydrogen-bond acceptors (Lipinski definition) is 1. The van der Waals surface area contributed by atoms with Crippen LogP contribution in [0, 0.1) is 6.92 Å². The molecule has 0 heterocycles. The van der Waals surface area contributed by atoms with Gasteiger partial charge >= 0.3 is 0 Å². The van der Waals surface area contributed by atoms with Gasteiger partial charge in [-0.05, 0) is 12.5 Å². The Labute approximate surface area is 82.5 Å². The van der Waals surface area contributed by atoms with Crippen molar-refractivity contribution < 1.29 is 5.11 Å². The summed E-state index contributed by atoms with van der Waals surface area (Å²) in [5.74, 6) is 0.133. The average Bonchev–Trinajstić information content (AvgIpc) is 2.04. The van der Waals surface area contributed by atoms with Gasteiger partial charge in [-0.25, -0.2) is 0 Å². The Morgan fingerprint density at radius 3 is 2.23 bits per heavy atom. The van der Waals surface area contributed by atoms with Crippen molar-refractivity contribution in [3.63, 3.8) is 0 Å². The van der Waals surface area contributed by atoms with Crippen LogP contribution in [0.2, 0.25) is 0 Å². The second kappa shape index (κ2) is 4.38. The first-order chi connectivity index (χ1) is 6.09. The minimum Gasteiger partial charge on any atom is -0.869 e. The molecule has 0 bridgehead atoms. The van der Waals surface area contributed by atoms with Gasteiger partial charge in [0, 0.05) is 10.9 Å². The van der Waals surface area contributed by atoms with Crippen molar-refractivity contribution in [2.75, 3.05) is 12.5 Å². The van der Waals surface area contributed by atoms with Crippen LogP contribution >= 0.6 is 0 Å². The lowest BCUT2D eigenvalue weighted by Gasteiger charge is -2.09. The van der Waals surface area contributed by atoms with E-state index in [1.165, 1.54) is 5.56 Å². The van der Waals surface area contributed by atoms with Crippen LogP contribution in [0.4, 0.5) is 0 Å². The first-order valence-corrected chi connectivity index (χ1v) is 6.22. The minimum absolute atomic E-state index is 0.0740. The fourth-order valence-electron chi connectivity index (χ4n) is 1.000. The first kappa shape index (κ1) is 10.2. The Hall–Kier alpha value is -0.890. The van der Waals surface area contributed by atoms with Crippen LogP contribution in [-0.2, 0) is 10.9 Å². The molecule has 0 radical (unpaired) electrons. The average molecular weight is 194 g/mol. The third-order valence-electron chi connectivity index (χ3n) is 1.68. The van der Waals surface area contributed by atoms with Crippen molar-refractivity contribution in [1.82, 2.24) is 0 Å². The van der Waals surface area contributed by atoms with Crippen molar-refractivity contribution in [2.45, 2.75) is 6.92 Å². The molecule has 13 heavy (non-hydrogen) atoms. The molecule has 0 spiro atoms. The van der Waals surface area contributed by atoms with E-state index in [1.807, 2.05) is 43.7 Å². The quantitative estimate of drug-likeness (QED) is 0.517. The van der Waals surface area contributed by atoms with Crippen molar-refractivity contribution in [2.24, 2.45) is 0 Å². The second-order valence-corrected chi connectivity index (χ2v) is 5.22. The Bertz CT molecular complexity index is 298. The van der Waals surface area contributed by atoms with Crippen LogP contribution in [0.1, 0.15) is 11.1 Å². The molecule has 0 amide bonds. The Balaban J connectivity index is 2.89. The molecule has 0 N–H and O–H groups in total. The van der Waals surface area contributed by atoms with Gasteiger partial charge in [-0.1, -0.05) is 35.6 Å². The van der Waals surface area contributed by atoms with Gasteiger partial charge in [-0.3, -0.25) is 0 Å². The molecule has 0 aromatic heterocycles. The molecule has 0 aliphatic carbocycles. The fourth-order valence-corrected chi connectivity index (χ4v) is 1.56. The van der Waals surface area contributed by atoms with E-state index in [0.29, 0.717) is 0 Å².